The number of anilines is 2. The minimum atomic E-state index is -0.159. The highest BCUT2D eigenvalue weighted by molar-refractivity contribution is 6.06. The Kier molecular flexibility index (Phi) is 5.39. The van der Waals surface area contributed by atoms with E-state index in [1.54, 1.807) is 6.26 Å². The van der Waals surface area contributed by atoms with Gasteiger partial charge in [-0.2, -0.15) is 0 Å². The Morgan fingerprint density at radius 1 is 1.16 bits per heavy atom. The van der Waals surface area contributed by atoms with E-state index in [1.807, 2.05) is 62.8 Å². The standard InChI is InChI=1S/C28H27N7O3/c1-34(2)15-20-17(28-29-10-12-38-28)4-7-24(33-20)32-19-5-3-16(18-13-31-27(36)26(18)19)22-14-30-25-8-6-23-21(35(22)25)9-11-37-23/h3-9,11,14,28-29H,10,12-13,15H2,1-2H3,(H,31,36)(H,32,33)/t28-/m0/s1. The quantitative estimate of drug-likeness (QED) is 0.317. The number of hydrogen-bond donors (Lipinski definition) is 3. The van der Waals surface area contributed by atoms with Crippen LogP contribution in [0, 0.1) is 0 Å². The van der Waals surface area contributed by atoms with E-state index in [0.29, 0.717) is 36.8 Å². The molecule has 6 heterocycles. The molecule has 1 saturated heterocycles. The highest BCUT2D eigenvalue weighted by Crippen LogP contribution is 2.36. The minimum absolute atomic E-state index is 0.111. The van der Waals surface area contributed by atoms with Gasteiger partial charge in [0.15, 0.2) is 5.58 Å². The highest BCUT2D eigenvalue weighted by Gasteiger charge is 2.28. The summed E-state index contributed by atoms with van der Waals surface area (Å²) >= 11 is 0. The van der Waals surface area contributed by atoms with Crippen molar-refractivity contribution in [2.45, 2.75) is 19.3 Å². The van der Waals surface area contributed by atoms with E-state index in [2.05, 4.69) is 30.2 Å². The number of carbonyl (C=O) groups is 1. The Balaban J connectivity index is 1.29. The van der Waals surface area contributed by atoms with Crippen molar-refractivity contribution in [2.75, 3.05) is 32.6 Å². The lowest BCUT2D eigenvalue weighted by Gasteiger charge is -2.19. The van der Waals surface area contributed by atoms with Gasteiger partial charge >= 0.3 is 0 Å². The molecular weight excluding hydrogens is 482 g/mol. The van der Waals surface area contributed by atoms with Crippen LogP contribution in [0.5, 0.6) is 0 Å². The molecule has 7 rings (SSSR count). The van der Waals surface area contributed by atoms with Gasteiger partial charge in [-0.1, -0.05) is 6.07 Å². The predicted molar refractivity (Wildman–Crippen MR) is 143 cm³/mol. The first-order valence-corrected chi connectivity index (χ1v) is 12.6. The molecule has 1 atom stereocenters. The van der Waals surface area contributed by atoms with E-state index in [1.165, 1.54) is 0 Å². The molecule has 1 fully saturated rings. The number of imidazole rings is 1. The van der Waals surface area contributed by atoms with Crippen LogP contribution in [-0.2, 0) is 17.8 Å². The molecule has 10 nitrogen and oxygen atoms in total. The second-order valence-electron chi connectivity index (χ2n) is 9.84. The first-order chi connectivity index (χ1) is 18.6. The molecule has 0 saturated carbocycles. The molecule has 0 spiro atoms. The number of nitrogens with one attached hydrogen (secondary N) is 3. The summed E-state index contributed by atoms with van der Waals surface area (Å²) in [5.41, 5.74) is 8.60. The van der Waals surface area contributed by atoms with Crippen molar-refractivity contribution in [3.8, 4) is 11.3 Å². The number of rotatable bonds is 6. The van der Waals surface area contributed by atoms with Gasteiger partial charge in [0.2, 0.25) is 0 Å². The predicted octanol–water partition coefficient (Wildman–Crippen LogP) is 3.81. The molecular formula is C28H27N7O3. The van der Waals surface area contributed by atoms with E-state index in [9.17, 15) is 4.79 Å². The average molecular weight is 510 g/mol. The zero-order valence-corrected chi connectivity index (χ0v) is 21.1. The summed E-state index contributed by atoms with van der Waals surface area (Å²) in [4.78, 5) is 24.6. The Morgan fingerprint density at radius 2 is 2.08 bits per heavy atom. The summed E-state index contributed by atoms with van der Waals surface area (Å²) in [5.74, 6) is 0.563. The molecule has 10 heteroatoms. The third-order valence-corrected chi connectivity index (χ3v) is 7.07. The van der Waals surface area contributed by atoms with Gasteiger partial charge in [0.1, 0.15) is 17.7 Å². The first kappa shape index (κ1) is 22.9. The third-order valence-electron chi connectivity index (χ3n) is 7.07. The van der Waals surface area contributed by atoms with Crippen molar-refractivity contribution >= 4 is 34.2 Å². The Hall–Kier alpha value is -4.25. The van der Waals surface area contributed by atoms with Gasteiger partial charge in [0.05, 0.1) is 47.2 Å². The van der Waals surface area contributed by atoms with E-state index in [0.717, 1.165) is 51.4 Å². The van der Waals surface area contributed by atoms with Crippen LogP contribution in [-0.4, -0.2) is 52.4 Å². The molecule has 4 aromatic heterocycles. The van der Waals surface area contributed by atoms with Crippen LogP contribution in [0.1, 0.15) is 33.4 Å². The maximum Gasteiger partial charge on any atom is 0.254 e. The molecule has 192 valence electrons. The number of aromatic nitrogens is 3. The maximum absolute atomic E-state index is 13.0. The normalized spacial score (nSPS) is 17.0. The van der Waals surface area contributed by atoms with Crippen molar-refractivity contribution in [3.05, 3.63) is 77.3 Å². The number of pyridine rings is 2. The molecule has 1 amide bonds. The van der Waals surface area contributed by atoms with Crippen molar-refractivity contribution in [3.63, 3.8) is 0 Å². The van der Waals surface area contributed by atoms with Crippen LogP contribution < -0.4 is 16.0 Å². The largest absolute Gasteiger partial charge is 0.463 e. The molecule has 3 N–H and O–H groups in total. The van der Waals surface area contributed by atoms with Gasteiger partial charge in [-0.15, -0.1) is 0 Å². The summed E-state index contributed by atoms with van der Waals surface area (Å²) in [6.07, 6.45) is 3.36. The molecule has 0 bridgehead atoms. The number of benzene rings is 1. The molecule has 0 aliphatic carbocycles. The smallest absolute Gasteiger partial charge is 0.254 e. The molecule has 0 radical (unpaired) electrons. The van der Waals surface area contributed by atoms with Crippen LogP contribution in [0.2, 0.25) is 0 Å². The van der Waals surface area contributed by atoms with Crippen LogP contribution in [0.3, 0.4) is 0 Å². The van der Waals surface area contributed by atoms with Gasteiger partial charge in [0, 0.05) is 36.8 Å². The fraction of sp³-hybridized carbons (Fsp3) is 0.250. The van der Waals surface area contributed by atoms with E-state index in [-0.39, 0.29) is 12.1 Å². The molecule has 5 aromatic rings. The lowest BCUT2D eigenvalue weighted by Crippen LogP contribution is -2.20. The van der Waals surface area contributed by atoms with E-state index < -0.39 is 0 Å². The topological polar surface area (TPSA) is 109 Å². The number of hydrogen-bond acceptors (Lipinski definition) is 8. The Labute approximate surface area is 218 Å². The fourth-order valence-corrected chi connectivity index (χ4v) is 5.40. The summed E-state index contributed by atoms with van der Waals surface area (Å²) in [7, 11) is 4.03. The minimum Gasteiger partial charge on any atom is -0.463 e. The Bertz CT molecular complexity index is 1700. The lowest BCUT2D eigenvalue weighted by molar-refractivity contribution is 0.0966. The van der Waals surface area contributed by atoms with Gasteiger partial charge < -0.3 is 24.7 Å². The van der Waals surface area contributed by atoms with Gasteiger partial charge in [-0.25, -0.2) is 9.97 Å². The van der Waals surface area contributed by atoms with Gasteiger partial charge in [-0.05, 0) is 50.0 Å². The van der Waals surface area contributed by atoms with Crippen molar-refractivity contribution in [2.24, 2.45) is 0 Å². The van der Waals surface area contributed by atoms with Crippen LogP contribution in [0.15, 0.2) is 59.3 Å². The molecule has 2 aliphatic heterocycles. The first-order valence-electron chi connectivity index (χ1n) is 12.6. The van der Waals surface area contributed by atoms with Crippen LogP contribution in [0.4, 0.5) is 11.5 Å². The summed E-state index contributed by atoms with van der Waals surface area (Å²) in [5, 5.41) is 9.78. The van der Waals surface area contributed by atoms with Crippen molar-refractivity contribution < 1.29 is 13.9 Å². The maximum atomic E-state index is 13.0. The highest BCUT2D eigenvalue weighted by atomic mass is 16.5. The second kappa shape index (κ2) is 8.95. The number of fused-ring (bicyclic) bond motifs is 4. The molecule has 1 aromatic carbocycles. The van der Waals surface area contributed by atoms with E-state index >= 15 is 0 Å². The lowest BCUT2D eigenvalue weighted by atomic mass is 9.99. The number of amides is 1. The van der Waals surface area contributed by atoms with Gasteiger partial charge in [-0.3, -0.25) is 14.5 Å². The monoisotopic (exact) mass is 509 g/mol. The van der Waals surface area contributed by atoms with Crippen molar-refractivity contribution in [1.82, 2.24) is 29.9 Å². The van der Waals surface area contributed by atoms with E-state index in [4.69, 9.17) is 14.1 Å². The number of ether oxygens (including phenoxy) is 1. The SMILES string of the molecule is CN(C)Cc1nc(Nc2ccc(-c3cnc4ccc5occc5n34)c3c2C(=O)NC3)ccc1[C@H]1NCCO1. The Morgan fingerprint density at radius 3 is 2.92 bits per heavy atom. The molecule has 0 unspecified atom stereocenters. The van der Waals surface area contributed by atoms with Crippen molar-refractivity contribution in [1.29, 1.82) is 0 Å². The van der Waals surface area contributed by atoms with Gasteiger partial charge in [0.25, 0.3) is 5.91 Å². The molecule has 2 aliphatic rings. The fourth-order valence-electron chi connectivity index (χ4n) is 5.40. The summed E-state index contributed by atoms with van der Waals surface area (Å²) < 4.78 is 13.5. The number of carbonyl (C=O) groups excluding carboxylic acids is 1. The third kappa shape index (κ3) is 3.73. The number of furan rings is 1. The van der Waals surface area contributed by atoms with Crippen LogP contribution >= 0.6 is 0 Å². The average Bonchev–Trinajstić information content (AvgIpc) is 3.70. The molecule has 38 heavy (non-hydrogen) atoms. The summed E-state index contributed by atoms with van der Waals surface area (Å²) in [6, 6.07) is 13.7. The number of nitrogens with zero attached hydrogens (tertiary/aromatic N) is 4. The van der Waals surface area contributed by atoms with Crippen LogP contribution in [0.25, 0.3) is 28.0 Å². The second-order valence-corrected chi connectivity index (χ2v) is 9.84. The zero-order chi connectivity index (χ0) is 25.8. The summed E-state index contributed by atoms with van der Waals surface area (Å²) in [6.45, 7) is 2.60. The zero-order valence-electron chi connectivity index (χ0n) is 21.1.